The first kappa shape index (κ1) is 26.2. The van der Waals surface area contributed by atoms with Gasteiger partial charge in [-0.15, -0.1) is 0 Å². The highest BCUT2D eigenvalue weighted by molar-refractivity contribution is 5.69. The van der Waals surface area contributed by atoms with Crippen LogP contribution in [0.5, 0.6) is 0 Å². The van der Waals surface area contributed by atoms with Crippen molar-refractivity contribution in [3.05, 3.63) is 11.6 Å². The predicted molar refractivity (Wildman–Crippen MR) is 139 cm³/mol. The number of hydrogen-bond acceptors (Lipinski definition) is 3. The maximum atomic E-state index is 12.6. The summed E-state index contributed by atoms with van der Waals surface area (Å²) in [4.78, 5) is 12.6. The summed E-state index contributed by atoms with van der Waals surface area (Å²) >= 11 is 0. The van der Waals surface area contributed by atoms with Gasteiger partial charge in [0.15, 0.2) is 0 Å². The zero-order valence-corrected chi connectivity index (χ0v) is 22.9. The number of carbonyl (C=O) groups is 1. The molecule has 3 heteroatoms. The number of aliphatic hydroxyl groups excluding tert-OH is 1. The summed E-state index contributed by atoms with van der Waals surface area (Å²) in [6.45, 7) is 14.3. The minimum absolute atomic E-state index is 0.0823. The molecule has 4 rings (SSSR count). The van der Waals surface area contributed by atoms with E-state index in [-0.39, 0.29) is 23.6 Å². The number of ether oxygens (including phenoxy) is 1. The number of hydrogen-bond donors (Lipinski definition) is 1. The summed E-state index contributed by atoms with van der Waals surface area (Å²) in [5.41, 5.74) is 1.73. The van der Waals surface area contributed by atoms with E-state index in [1.165, 1.54) is 50.5 Å². The van der Waals surface area contributed by atoms with E-state index >= 15 is 0 Å². The number of carbonyl (C=O) groups excluding carboxylic acids is 1. The third kappa shape index (κ3) is 4.64. The van der Waals surface area contributed by atoms with Gasteiger partial charge in [0, 0.05) is 18.3 Å². The first-order valence-electron chi connectivity index (χ1n) is 14.7. The molecule has 0 saturated heterocycles. The lowest BCUT2D eigenvalue weighted by atomic mass is 9.46. The lowest BCUT2D eigenvalue weighted by molar-refractivity contribution is -0.169. The fourth-order valence-corrected chi connectivity index (χ4v) is 9.29. The summed E-state index contributed by atoms with van der Waals surface area (Å²) in [6.07, 6.45) is 15.2. The zero-order valence-electron chi connectivity index (χ0n) is 22.9. The van der Waals surface area contributed by atoms with E-state index < -0.39 is 0 Å². The van der Waals surface area contributed by atoms with Crippen molar-refractivity contribution in [3.63, 3.8) is 0 Å². The molecule has 0 heterocycles. The average Bonchev–Trinajstić information content (AvgIpc) is 3.12. The van der Waals surface area contributed by atoms with E-state index in [0.717, 1.165) is 42.9 Å². The van der Waals surface area contributed by atoms with Crippen LogP contribution in [-0.4, -0.2) is 23.3 Å². The quantitative estimate of drug-likeness (QED) is 0.291. The Morgan fingerprint density at radius 3 is 2.62 bits per heavy atom. The first-order chi connectivity index (χ1) is 16.1. The molecule has 0 radical (unpaired) electrons. The molecule has 194 valence electrons. The Morgan fingerprint density at radius 2 is 1.91 bits per heavy atom. The molecule has 0 aromatic carbocycles. The predicted octanol–water partition coefficient (Wildman–Crippen LogP) is 7.71. The Bertz CT molecular complexity index is 756. The molecule has 0 spiro atoms. The van der Waals surface area contributed by atoms with Crippen LogP contribution in [0.4, 0.5) is 0 Å². The van der Waals surface area contributed by atoms with E-state index in [2.05, 4.69) is 40.7 Å². The molecule has 0 aromatic heterocycles. The lowest BCUT2D eigenvalue weighted by Gasteiger charge is -2.60. The van der Waals surface area contributed by atoms with Crippen molar-refractivity contribution in [2.75, 3.05) is 0 Å². The van der Waals surface area contributed by atoms with Gasteiger partial charge in [0.25, 0.3) is 0 Å². The highest BCUT2D eigenvalue weighted by Gasteiger charge is 2.61. The molecule has 3 saturated carbocycles. The van der Waals surface area contributed by atoms with Crippen molar-refractivity contribution in [2.45, 2.75) is 131 Å². The molecule has 0 bridgehead atoms. The summed E-state index contributed by atoms with van der Waals surface area (Å²) in [5, 5.41) is 10.6. The molecule has 0 aromatic rings. The largest absolute Gasteiger partial charge is 0.461 e. The Labute approximate surface area is 209 Å². The summed E-state index contributed by atoms with van der Waals surface area (Å²) < 4.78 is 6.14. The molecule has 1 N–H and O–H groups in total. The van der Waals surface area contributed by atoms with Crippen LogP contribution in [0.3, 0.4) is 0 Å². The van der Waals surface area contributed by atoms with E-state index in [0.29, 0.717) is 30.1 Å². The topological polar surface area (TPSA) is 46.5 Å². The maximum Gasteiger partial charge on any atom is 0.306 e. The van der Waals surface area contributed by atoms with Gasteiger partial charge in [-0.05, 0) is 85.9 Å². The molecule has 1 unspecified atom stereocenters. The van der Waals surface area contributed by atoms with Crippen molar-refractivity contribution in [1.82, 2.24) is 0 Å². The van der Waals surface area contributed by atoms with Crippen molar-refractivity contribution >= 4 is 5.97 Å². The fourth-order valence-electron chi connectivity index (χ4n) is 9.29. The van der Waals surface area contributed by atoms with E-state index in [4.69, 9.17) is 4.74 Å². The third-order valence-electron chi connectivity index (χ3n) is 11.1. The van der Waals surface area contributed by atoms with Gasteiger partial charge in [-0.1, -0.05) is 72.5 Å². The average molecular weight is 473 g/mol. The van der Waals surface area contributed by atoms with Gasteiger partial charge in [0.2, 0.25) is 0 Å². The minimum atomic E-state index is -0.383. The second-order valence-corrected chi connectivity index (χ2v) is 13.5. The highest BCUT2D eigenvalue weighted by Crippen LogP contribution is 2.67. The van der Waals surface area contributed by atoms with Crippen LogP contribution in [0.15, 0.2) is 11.6 Å². The van der Waals surface area contributed by atoms with Gasteiger partial charge in [0.05, 0.1) is 6.10 Å². The van der Waals surface area contributed by atoms with Crippen molar-refractivity contribution < 1.29 is 14.6 Å². The number of rotatable bonds is 8. The lowest BCUT2D eigenvalue weighted by Crippen LogP contribution is -2.56. The normalized spacial score (nSPS) is 42.4. The van der Waals surface area contributed by atoms with Crippen LogP contribution in [0.25, 0.3) is 0 Å². The smallest absolute Gasteiger partial charge is 0.306 e. The van der Waals surface area contributed by atoms with Gasteiger partial charge in [-0.3, -0.25) is 4.79 Å². The number of aliphatic hydroxyl groups is 1. The maximum absolute atomic E-state index is 12.6. The molecule has 34 heavy (non-hydrogen) atoms. The van der Waals surface area contributed by atoms with Crippen molar-refractivity contribution in [3.8, 4) is 0 Å². The van der Waals surface area contributed by atoms with Crippen LogP contribution in [-0.2, 0) is 9.53 Å². The second-order valence-electron chi connectivity index (χ2n) is 13.5. The van der Waals surface area contributed by atoms with Crippen LogP contribution in [0, 0.1) is 46.3 Å². The van der Waals surface area contributed by atoms with Crippen LogP contribution in [0.1, 0.15) is 119 Å². The van der Waals surface area contributed by atoms with Gasteiger partial charge in [-0.2, -0.15) is 0 Å². The molecule has 3 fully saturated rings. The third-order valence-corrected chi connectivity index (χ3v) is 11.1. The first-order valence-corrected chi connectivity index (χ1v) is 14.7. The molecule has 3 nitrogen and oxygen atoms in total. The summed E-state index contributed by atoms with van der Waals surface area (Å²) in [7, 11) is 0. The molecule has 4 aliphatic rings. The van der Waals surface area contributed by atoms with E-state index in [1.54, 1.807) is 0 Å². The second kappa shape index (κ2) is 10.3. The molecule has 0 aliphatic heterocycles. The highest BCUT2D eigenvalue weighted by atomic mass is 16.5. The van der Waals surface area contributed by atoms with Gasteiger partial charge in [-0.25, -0.2) is 0 Å². The monoisotopic (exact) mass is 472 g/mol. The van der Waals surface area contributed by atoms with Crippen molar-refractivity contribution in [1.29, 1.82) is 0 Å². The fraction of sp³-hybridized carbons (Fsp3) is 0.903. The van der Waals surface area contributed by atoms with Crippen LogP contribution < -0.4 is 0 Å². The zero-order chi connectivity index (χ0) is 24.7. The summed E-state index contributed by atoms with van der Waals surface area (Å²) in [6, 6.07) is 0. The SMILES string of the molecule is CCCC(=O)OC1C[C@H](O)CC2=CC[C@H]3[C@@H]4CC[C@H]([C@H](C)CCCC(C)C)[C@@]4(C)CC[C@@H]3[C@]21C. The Balaban J connectivity index is 1.54. The number of fused-ring (bicyclic) bond motifs is 5. The number of allylic oxidation sites excluding steroid dienone is 1. The molecule has 4 aliphatic carbocycles. The van der Waals surface area contributed by atoms with Gasteiger partial charge in [0.1, 0.15) is 6.10 Å². The number of esters is 1. The Hall–Kier alpha value is -0.830. The Kier molecular flexibility index (Phi) is 7.92. The van der Waals surface area contributed by atoms with Gasteiger partial charge < -0.3 is 9.84 Å². The molecule has 9 atom stereocenters. The van der Waals surface area contributed by atoms with E-state index in [9.17, 15) is 9.90 Å². The van der Waals surface area contributed by atoms with Crippen LogP contribution >= 0.6 is 0 Å². The minimum Gasteiger partial charge on any atom is -0.461 e. The van der Waals surface area contributed by atoms with Crippen molar-refractivity contribution in [2.24, 2.45) is 46.3 Å². The molecule has 0 amide bonds. The Morgan fingerprint density at radius 1 is 1.15 bits per heavy atom. The molecular weight excluding hydrogens is 420 g/mol. The standard InChI is InChI=1S/C31H52O3/c1-7-9-29(33)34-28-19-23(32)18-22-12-13-24-26-15-14-25(21(4)11-8-10-20(2)3)30(26,5)17-16-27(24)31(22,28)6/h12,20-21,23-28,32H,7-11,13-19H2,1-6H3/t21-,23-,24+,25-,26+,27+,28?,30-,31+/m1/s1. The summed E-state index contributed by atoms with van der Waals surface area (Å²) in [5.74, 6) is 4.47. The van der Waals surface area contributed by atoms with Gasteiger partial charge >= 0.3 is 5.97 Å². The van der Waals surface area contributed by atoms with Crippen LogP contribution in [0.2, 0.25) is 0 Å². The molecular formula is C31H52O3. The van der Waals surface area contributed by atoms with E-state index in [1.807, 2.05) is 6.92 Å².